The van der Waals surface area contributed by atoms with Crippen LogP contribution in [-0.4, -0.2) is 30.6 Å². The number of carbonyl (C=O) groups is 1. The maximum atomic E-state index is 13.0. The van der Waals surface area contributed by atoms with Crippen molar-refractivity contribution < 1.29 is 9.32 Å². The van der Waals surface area contributed by atoms with Crippen molar-refractivity contribution >= 4 is 29.3 Å². The summed E-state index contributed by atoms with van der Waals surface area (Å²) in [6.45, 7) is 7.70. The van der Waals surface area contributed by atoms with E-state index >= 15 is 0 Å². The summed E-state index contributed by atoms with van der Waals surface area (Å²) in [4.78, 5) is 22.1. The second-order valence-corrected chi connectivity index (χ2v) is 7.81. The van der Waals surface area contributed by atoms with E-state index in [0.29, 0.717) is 22.5 Å². The number of thioether (sulfide) groups is 1. The Bertz CT molecular complexity index is 1180. The molecular formula is C20H20N6O2S. The van der Waals surface area contributed by atoms with Gasteiger partial charge in [0, 0.05) is 17.5 Å². The van der Waals surface area contributed by atoms with Crippen LogP contribution in [0.4, 0.5) is 5.82 Å². The van der Waals surface area contributed by atoms with Gasteiger partial charge in [0.25, 0.3) is 5.78 Å². The van der Waals surface area contributed by atoms with Crippen LogP contribution < -0.4 is 5.32 Å². The predicted octanol–water partition coefficient (Wildman–Crippen LogP) is 3.82. The monoisotopic (exact) mass is 408 g/mol. The van der Waals surface area contributed by atoms with Crippen LogP contribution in [0.2, 0.25) is 0 Å². The fourth-order valence-corrected chi connectivity index (χ4v) is 3.84. The van der Waals surface area contributed by atoms with Crippen molar-refractivity contribution in [3.05, 3.63) is 64.7 Å². The fourth-order valence-electron chi connectivity index (χ4n) is 2.91. The number of fused-ring (bicyclic) bond motifs is 1. The second kappa shape index (κ2) is 7.67. The Hall–Kier alpha value is -3.20. The zero-order valence-corrected chi connectivity index (χ0v) is 17.3. The Morgan fingerprint density at radius 3 is 2.59 bits per heavy atom. The van der Waals surface area contributed by atoms with E-state index in [4.69, 9.17) is 4.52 Å². The summed E-state index contributed by atoms with van der Waals surface area (Å²) < 4.78 is 6.75. The average Bonchev–Trinajstić information content (AvgIpc) is 3.30. The number of rotatable bonds is 5. The molecule has 1 N–H and O–H groups in total. The number of nitrogens with zero attached hydrogens (tertiary/aromatic N) is 5. The highest BCUT2D eigenvalue weighted by Crippen LogP contribution is 2.35. The number of aryl methyl sites for hydroxylation is 3. The van der Waals surface area contributed by atoms with Gasteiger partial charge in [-0.2, -0.15) is 4.98 Å². The minimum Gasteiger partial charge on any atom is -0.360 e. The Labute approximate surface area is 171 Å². The van der Waals surface area contributed by atoms with E-state index in [9.17, 15) is 4.79 Å². The van der Waals surface area contributed by atoms with Gasteiger partial charge in [0.1, 0.15) is 11.0 Å². The molecule has 0 spiro atoms. The van der Waals surface area contributed by atoms with Crippen molar-refractivity contribution in [2.45, 2.75) is 38.1 Å². The molecule has 0 fully saturated rings. The molecule has 8 nitrogen and oxygen atoms in total. The van der Waals surface area contributed by atoms with Gasteiger partial charge in [0.15, 0.2) is 5.82 Å². The van der Waals surface area contributed by atoms with Gasteiger partial charge in [-0.25, -0.2) is 9.50 Å². The minimum atomic E-state index is -0.562. The molecular weight excluding hydrogens is 388 g/mol. The van der Waals surface area contributed by atoms with Crippen LogP contribution in [0.3, 0.4) is 0 Å². The van der Waals surface area contributed by atoms with Gasteiger partial charge in [-0.05, 0) is 38.8 Å². The predicted molar refractivity (Wildman–Crippen MR) is 110 cm³/mol. The summed E-state index contributed by atoms with van der Waals surface area (Å²) in [5, 5.41) is 11.1. The first-order valence-corrected chi connectivity index (χ1v) is 9.96. The molecule has 4 rings (SSSR count). The lowest BCUT2D eigenvalue weighted by Crippen LogP contribution is -2.19. The van der Waals surface area contributed by atoms with Crippen LogP contribution in [0.15, 0.2) is 46.1 Å². The molecule has 3 aromatic heterocycles. The Morgan fingerprint density at radius 2 is 1.90 bits per heavy atom. The minimum absolute atomic E-state index is 0.231. The largest absolute Gasteiger partial charge is 0.360 e. The van der Waals surface area contributed by atoms with Crippen LogP contribution in [0.1, 0.15) is 33.5 Å². The Morgan fingerprint density at radius 1 is 1.14 bits per heavy atom. The number of hydrogen-bond donors (Lipinski definition) is 1. The molecule has 148 valence electrons. The molecule has 0 aliphatic rings. The Kier molecular flexibility index (Phi) is 5.06. The van der Waals surface area contributed by atoms with Crippen LogP contribution >= 0.6 is 11.8 Å². The molecule has 0 aliphatic heterocycles. The van der Waals surface area contributed by atoms with E-state index in [-0.39, 0.29) is 5.91 Å². The molecule has 0 saturated carbocycles. The summed E-state index contributed by atoms with van der Waals surface area (Å²) in [5.74, 6) is 1.29. The van der Waals surface area contributed by atoms with Gasteiger partial charge in [-0.15, -0.1) is 5.10 Å². The molecule has 0 radical (unpaired) electrons. The lowest BCUT2D eigenvalue weighted by molar-refractivity contribution is -0.115. The number of carbonyl (C=O) groups excluding carboxylic acids is 1. The van der Waals surface area contributed by atoms with E-state index in [1.165, 1.54) is 11.8 Å². The third kappa shape index (κ3) is 3.86. The summed E-state index contributed by atoms with van der Waals surface area (Å²) in [7, 11) is 0. The molecule has 1 atom stereocenters. The lowest BCUT2D eigenvalue weighted by Gasteiger charge is -2.14. The third-order valence-electron chi connectivity index (χ3n) is 4.68. The van der Waals surface area contributed by atoms with Gasteiger partial charge >= 0.3 is 0 Å². The maximum Gasteiger partial charge on any atom is 0.253 e. The summed E-state index contributed by atoms with van der Waals surface area (Å²) in [5.41, 5.74) is 3.80. The number of benzene rings is 1. The molecule has 1 amide bonds. The van der Waals surface area contributed by atoms with Crippen molar-refractivity contribution in [3.63, 3.8) is 0 Å². The zero-order valence-electron chi connectivity index (χ0n) is 16.5. The SMILES string of the molecule is Cc1cc(NC(=O)C(Sc2nc3nc(C)c(C)c(C)n3n2)c2ccccc2)no1. The Balaban J connectivity index is 1.67. The maximum absolute atomic E-state index is 13.0. The number of nitrogens with one attached hydrogen (secondary N) is 1. The van der Waals surface area contributed by atoms with Gasteiger partial charge in [0.05, 0.1) is 0 Å². The van der Waals surface area contributed by atoms with E-state index < -0.39 is 5.25 Å². The highest BCUT2D eigenvalue weighted by atomic mass is 32.2. The highest BCUT2D eigenvalue weighted by Gasteiger charge is 2.25. The summed E-state index contributed by atoms with van der Waals surface area (Å²) in [6.07, 6.45) is 0. The van der Waals surface area contributed by atoms with Crippen LogP contribution in [0.5, 0.6) is 0 Å². The first kappa shape index (κ1) is 19.1. The first-order chi connectivity index (χ1) is 13.9. The fraction of sp³-hybridized carbons (Fsp3) is 0.250. The van der Waals surface area contributed by atoms with Gasteiger partial charge in [0.2, 0.25) is 11.1 Å². The lowest BCUT2D eigenvalue weighted by atomic mass is 10.1. The molecule has 0 bridgehead atoms. The topological polar surface area (TPSA) is 98.2 Å². The van der Waals surface area contributed by atoms with Crippen LogP contribution in [-0.2, 0) is 4.79 Å². The standard InChI is InChI=1S/C20H20N6O2S/c1-11-10-16(25-28-11)22-18(27)17(15-8-6-5-7-9-15)29-20-23-19-21-13(3)12(2)14(4)26(19)24-20/h5-10,17H,1-4H3,(H,22,25,27). The molecule has 4 aromatic rings. The van der Waals surface area contributed by atoms with Crippen molar-refractivity contribution in [2.24, 2.45) is 0 Å². The summed E-state index contributed by atoms with van der Waals surface area (Å²) in [6, 6.07) is 11.2. The van der Waals surface area contributed by atoms with Crippen molar-refractivity contribution in [3.8, 4) is 0 Å². The van der Waals surface area contributed by atoms with Gasteiger partial charge in [-0.1, -0.05) is 47.3 Å². The normalized spacial score (nSPS) is 12.3. The zero-order chi connectivity index (χ0) is 20.5. The number of hydrogen-bond acceptors (Lipinski definition) is 7. The van der Waals surface area contributed by atoms with Crippen molar-refractivity contribution in [1.29, 1.82) is 0 Å². The van der Waals surface area contributed by atoms with E-state index in [1.54, 1.807) is 17.5 Å². The molecule has 29 heavy (non-hydrogen) atoms. The second-order valence-electron chi connectivity index (χ2n) is 6.73. The van der Waals surface area contributed by atoms with Gasteiger partial charge in [-0.3, -0.25) is 4.79 Å². The summed E-state index contributed by atoms with van der Waals surface area (Å²) >= 11 is 1.27. The smallest absolute Gasteiger partial charge is 0.253 e. The highest BCUT2D eigenvalue weighted by molar-refractivity contribution is 8.00. The first-order valence-electron chi connectivity index (χ1n) is 9.08. The van der Waals surface area contributed by atoms with Crippen molar-refractivity contribution in [1.82, 2.24) is 24.7 Å². The number of anilines is 1. The van der Waals surface area contributed by atoms with E-state index in [0.717, 1.165) is 22.5 Å². The molecule has 9 heteroatoms. The molecule has 0 saturated heterocycles. The number of amides is 1. The van der Waals surface area contributed by atoms with E-state index in [2.05, 4.69) is 25.5 Å². The molecule has 1 unspecified atom stereocenters. The quantitative estimate of drug-likeness (QED) is 0.501. The molecule has 1 aromatic carbocycles. The van der Waals surface area contributed by atoms with Crippen molar-refractivity contribution in [2.75, 3.05) is 5.32 Å². The molecule has 0 aliphatic carbocycles. The van der Waals surface area contributed by atoms with Crippen LogP contribution in [0, 0.1) is 27.7 Å². The third-order valence-corrected chi connectivity index (χ3v) is 5.79. The van der Waals surface area contributed by atoms with Crippen LogP contribution in [0.25, 0.3) is 5.78 Å². The van der Waals surface area contributed by atoms with Gasteiger partial charge < -0.3 is 9.84 Å². The average molecular weight is 408 g/mol. The van der Waals surface area contributed by atoms with E-state index in [1.807, 2.05) is 51.1 Å². The number of aromatic nitrogens is 5. The molecule has 3 heterocycles.